The van der Waals surface area contributed by atoms with Crippen molar-refractivity contribution in [3.63, 3.8) is 0 Å². The molecule has 0 unspecified atom stereocenters. The molecule has 1 aliphatic rings. The monoisotopic (exact) mass is 409 g/mol. The summed E-state index contributed by atoms with van der Waals surface area (Å²) in [6.45, 7) is 2.00. The lowest BCUT2D eigenvalue weighted by atomic mass is 9.85. The lowest BCUT2D eigenvalue weighted by Gasteiger charge is -2.36. The van der Waals surface area contributed by atoms with Crippen molar-refractivity contribution in [3.05, 3.63) is 60.2 Å². The number of rotatable bonds is 5. The fourth-order valence-electron chi connectivity index (χ4n) is 3.67. The van der Waals surface area contributed by atoms with E-state index in [1.54, 1.807) is 7.11 Å². The van der Waals surface area contributed by atoms with Crippen LogP contribution in [0.1, 0.15) is 18.5 Å². The molecular formula is C21H23N5O2S. The van der Waals surface area contributed by atoms with Crippen LogP contribution < -0.4 is 15.4 Å². The summed E-state index contributed by atoms with van der Waals surface area (Å²) < 4.78 is 7.11. The van der Waals surface area contributed by atoms with E-state index in [2.05, 4.69) is 20.7 Å². The molecule has 0 bridgehead atoms. The predicted molar refractivity (Wildman–Crippen MR) is 115 cm³/mol. The molecule has 0 aliphatic carbocycles. The number of hydrogen-bond acceptors (Lipinski definition) is 6. The van der Waals surface area contributed by atoms with Gasteiger partial charge in [0.25, 0.3) is 0 Å². The van der Waals surface area contributed by atoms with Gasteiger partial charge in [-0.3, -0.25) is 4.79 Å². The van der Waals surface area contributed by atoms with Crippen LogP contribution >= 0.6 is 11.8 Å². The standard InChI is InChI=1S/C21H23N5O2S/c1-13-17(19(27)23-15-7-5-4-6-8-15)18(14-9-11-16(28-2)12-10-14)26-20(22-13)24-21(25-26)29-3/h4-13,17-18H,1-3H3,(H,23,27)(H,22,24,25)/t13-,17-,18+/m0/s1. The van der Waals surface area contributed by atoms with Crippen LogP contribution in [0.3, 0.4) is 0 Å². The second kappa shape index (κ2) is 8.16. The summed E-state index contributed by atoms with van der Waals surface area (Å²) in [5, 5.41) is 11.7. The minimum atomic E-state index is -0.382. The molecule has 1 amide bonds. The van der Waals surface area contributed by atoms with Crippen molar-refractivity contribution in [3.8, 4) is 5.75 Å². The number of methoxy groups -OCH3 is 1. The van der Waals surface area contributed by atoms with Gasteiger partial charge in [-0.15, -0.1) is 5.10 Å². The highest BCUT2D eigenvalue weighted by Gasteiger charge is 2.42. The quantitative estimate of drug-likeness (QED) is 0.626. The summed E-state index contributed by atoms with van der Waals surface area (Å²) in [5.41, 5.74) is 1.75. The van der Waals surface area contributed by atoms with Crippen molar-refractivity contribution in [1.82, 2.24) is 14.8 Å². The van der Waals surface area contributed by atoms with Gasteiger partial charge in [0.1, 0.15) is 5.75 Å². The first kappa shape index (κ1) is 19.3. The van der Waals surface area contributed by atoms with Crippen molar-refractivity contribution < 1.29 is 9.53 Å². The zero-order valence-corrected chi connectivity index (χ0v) is 17.3. The van der Waals surface area contributed by atoms with Crippen LogP contribution in [0.4, 0.5) is 11.6 Å². The van der Waals surface area contributed by atoms with Crippen LogP contribution in [0.15, 0.2) is 59.8 Å². The van der Waals surface area contributed by atoms with E-state index in [0.717, 1.165) is 17.0 Å². The highest BCUT2D eigenvalue weighted by molar-refractivity contribution is 7.98. The number of thioether (sulfide) groups is 1. The summed E-state index contributed by atoms with van der Waals surface area (Å²) in [6.07, 6.45) is 1.94. The first-order valence-electron chi connectivity index (χ1n) is 9.37. The maximum absolute atomic E-state index is 13.3. The van der Waals surface area contributed by atoms with Crippen LogP contribution in [-0.4, -0.2) is 40.1 Å². The van der Waals surface area contributed by atoms with Crippen molar-refractivity contribution in [2.75, 3.05) is 24.0 Å². The van der Waals surface area contributed by atoms with Gasteiger partial charge in [0.2, 0.25) is 17.0 Å². The Bertz CT molecular complexity index is 990. The van der Waals surface area contributed by atoms with Crippen molar-refractivity contribution in [1.29, 1.82) is 0 Å². The van der Waals surface area contributed by atoms with Crippen LogP contribution in [0.5, 0.6) is 5.75 Å². The smallest absolute Gasteiger partial charge is 0.232 e. The number of carbonyl (C=O) groups is 1. The number of hydrogen-bond donors (Lipinski definition) is 2. The van der Waals surface area contributed by atoms with E-state index in [1.807, 2.05) is 72.5 Å². The van der Waals surface area contributed by atoms with Crippen LogP contribution in [0.2, 0.25) is 0 Å². The largest absolute Gasteiger partial charge is 0.497 e. The number of aromatic nitrogens is 3. The normalized spacial score (nSPS) is 20.4. The first-order chi connectivity index (χ1) is 14.1. The van der Waals surface area contributed by atoms with Gasteiger partial charge < -0.3 is 15.4 Å². The van der Waals surface area contributed by atoms with E-state index < -0.39 is 0 Å². The molecule has 0 fully saturated rings. The van der Waals surface area contributed by atoms with Gasteiger partial charge in [0.05, 0.1) is 19.1 Å². The number of fused-ring (bicyclic) bond motifs is 1. The SMILES string of the molecule is COc1ccc([C@@H]2[C@@H](C(=O)Nc3ccccc3)[C@H](C)Nc3nc(SC)nn32)cc1. The molecule has 1 aliphatic heterocycles. The fraction of sp³-hybridized carbons (Fsp3) is 0.286. The molecular weight excluding hydrogens is 386 g/mol. The molecule has 0 spiro atoms. The lowest BCUT2D eigenvalue weighted by molar-refractivity contribution is -0.121. The van der Waals surface area contributed by atoms with E-state index in [1.165, 1.54) is 11.8 Å². The number of carbonyl (C=O) groups excluding carboxylic acids is 1. The molecule has 8 heteroatoms. The second-order valence-electron chi connectivity index (χ2n) is 6.90. The first-order valence-corrected chi connectivity index (χ1v) is 10.6. The van der Waals surface area contributed by atoms with E-state index >= 15 is 0 Å². The highest BCUT2D eigenvalue weighted by Crippen LogP contribution is 2.38. The minimum absolute atomic E-state index is 0.0659. The minimum Gasteiger partial charge on any atom is -0.497 e. The Hall–Kier alpha value is -3.00. The Morgan fingerprint density at radius 2 is 1.90 bits per heavy atom. The number of anilines is 2. The number of para-hydroxylation sites is 1. The maximum atomic E-state index is 13.3. The fourth-order valence-corrected chi connectivity index (χ4v) is 4.02. The summed E-state index contributed by atoms with van der Waals surface area (Å²) in [6, 6.07) is 16.8. The molecule has 7 nitrogen and oxygen atoms in total. The Balaban J connectivity index is 1.75. The van der Waals surface area contributed by atoms with Gasteiger partial charge in [-0.1, -0.05) is 42.1 Å². The molecule has 0 saturated heterocycles. The summed E-state index contributed by atoms with van der Waals surface area (Å²) in [4.78, 5) is 17.9. The van der Waals surface area contributed by atoms with Crippen LogP contribution in [0.25, 0.3) is 0 Å². The Labute approximate surface area is 173 Å². The van der Waals surface area contributed by atoms with Crippen molar-refractivity contribution in [2.24, 2.45) is 5.92 Å². The van der Waals surface area contributed by atoms with E-state index in [-0.39, 0.29) is 23.9 Å². The summed E-state index contributed by atoms with van der Waals surface area (Å²) >= 11 is 1.48. The zero-order valence-electron chi connectivity index (χ0n) is 16.5. The molecule has 150 valence electrons. The molecule has 3 atom stereocenters. The molecule has 2 heterocycles. The Morgan fingerprint density at radius 3 is 2.55 bits per heavy atom. The Kier molecular flexibility index (Phi) is 5.44. The number of nitrogens with one attached hydrogen (secondary N) is 2. The third kappa shape index (κ3) is 3.80. The molecule has 3 aromatic rings. The van der Waals surface area contributed by atoms with Gasteiger partial charge in [-0.2, -0.15) is 4.98 Å². The number of nitrogens with zero attached hydrogens (tertiary/aromatic N) is 3. The lowest BCUT2D eigenvalue weighted by Crippen LogP contribution is -2.46. The predicted octanol–water partition coefficient (Wildman–Crippen LogP) is 3.67. The van der Waals surface area contributed by atoms with E-state index in [0.29, 0.717) is 11.1 Å². The van der Waals surface area contributed by atoms with Gasteiger partial charge in [0, 0.05) is 11.7 Å². The molecule has 2 N–H and O–H groups in total. The second-order valence-corrected chi connectivity index (χ2v) is 7.67. The van der Waals surface area contributed by atoms with Crippen LogP contribution in [-0.2, 0) is 4.79 Å². The van der Waals surface area contributed by atoms with Crippen molar-refractivity contribution in [2.45, 2.75) is 24.2 Å². The summed E-state index contributed by atoms with van der Waals surface area (Å²) in [7, 11) is 1.64. The zero-order chi connectivity index (χ0) is 20.4. The van der Waals surface area contributed by atoms with Gasteiger partial charge in [-0.05, 0) is 43.0 Å². The van der Waals surface area contributed by atoms with E-state index in [9.17, 15) is 4.79 Å². The average Bonchev–Trinajstić information content (AvgIpc) is 3.16. The number of amides is 1. The van der Waals surface area contributed by atoms with Crippen LogP contribution in [0, 0.1) is 5.92 Å². The van der Waals surface area contributed by atoms with Gasteiger partial charge in [-0.25, -0.2) is 4.68 Å². The third-order valence-electron chi connectivity index (χ3n) is 5.09. The molecule has 0 saturated carbocycles. The third-order valence-corrected chi connectivity index (χ3v) is 5.63. The van der Waals surface area contributed by atoms with Gasteiger partial charge >= 0.3 is 0 Å². The Morgan fingerprint density at radius 1 is 1.17 bits per heavy atom. The topological polar surface area (TPSA) is 81.1 Å². The van der Waals surface area contributed by atoms with E-state index in [4.69, 9.17) is 4.74 Å². The molecule has 0 radical (unpaired) electrons. The molecule has 2 aromatic carbocycles. The number of benzene rings is 2. The molecule has 29 heavy (non-hydrogen) atoms. The summed E-state index contributed by atoms with van der Waals surface area (Å²) in [5.74, 6) is 0.993. The van der Waals surface area contributed by atoms with Gasteiger partial charge in [0.15, 0.2) is 0 Å². The number of ether oxygens (including phenoxy) is 1. The maximum Gasteiger partial charge on any atom is 0.232 e. The molecule has 4 rings (SSSR count). The highest BCUT2D eigenvalue weighted by atomic mass is 32.2. The van der Waals surface area contributed by atoms with Crippen molar-refractivity contribution >= 4 is 29.3 Å². The average molecular weight is 410 g/mol. The molecule has 1 aromatic heterocycles.